The Balaban J connectivity index is 2.15. The molecule has 0 radical (unpaired) electrons. The van der Waals surface area contributed by atoms with Crippen LogP contribution in [0.25, 0.3) is 0 Å². The van der Waals surface area contributed by atoms with Crippen LogP contribution in [0.15, 0.2) is 4.99 Å². The van der Waals surface area contributed by atoms with Gasteiger partial charge in [0.15, 0.2) is 5.96 Å². The molecule has 1 fully saturated rings. The summed E-state index contributed by atoms with van der Waals surface area (Å²) in [5.41, 5.74) is 0. The number of rotatable bonds is 7. The van der Waals surface area contributed by atoms with Gasteiger partial charge in [-0.1, -0.05) is 0 Å². The molecule has 1 unspecified atom stereocenters. The minimum absolute atomic E-state index is 0.0962. The van der Waals surface area contributed by atoms with Crippen molar-refractivity contribution in [1.29, 1.82) is 0 Å². The summed E-state index contributed by atoms with van der Waals surface area (Å²) < 4.78 is 30.4. The summed E-state index contributed by atoms with van der Waals surface area (Å²) in [5.74, 6) is 0.755. The first-order valence-corrected chi connectivity index (χ1v) is 8.26. The van der Waals surface area contributed by atoms with Crippen molar-refractivity contribution in [3.8, 4) is 0 Å². The van der Waals surface area contributed by atoms with Gasteiger partial charge in [0.1, 0.15) is 0 Å². The summed E-state index contributed by atoms with van der Waals surface area (Å²) >= 11 is 0. The molecule has 0 aliphatic carbocycles. The first-order chi connectivity index (χ1) is 9.07. The van der Waals surface area contributed by atoms with Crippen molar-refractivity contribution < 1.29 is 13.2 Å². The fourth-order valence-corrected chi connectivity index (χ4v) is 2.34. The molecule has 0 aromatic carbocycles. The SMILES string of the molecule is CCS(=O)(=O)NCCNC(=NC)NCC1CCCO1. The molecule has 3 N–H and O–H groups in total. The van der Waals surface area contributed by atoms with Gasteiger partial charge in [-0.05, 0) is 19.8 Å². The maximum Gasteiger partial charge on any atom is 0.211 e. The van der Waals surface area contributed by atoms with Gasteiger partial charge >= 0.3 is 0 Å². The number of nitrogens with zero attached hydrogens (tertiary/aromatic N) is 1. The fraction of sp³-hybridized carbons (Fsp3) is 0.909. The minimum atomic E-state index is -3.12. The Bertz CT molecular complexity index is 377. The first-order valence-electron chi connectivity index (χ1n) is 6.61. The van der Waals surface area contributed by atoms with E-state index in [1.807, 2.05) is 0 Å². The van der Waals surface area contributed by atoms with E-state index in [0.29, 0.717) is 19.0 Å². The highest BCUT2D eigenvalue weighted by molar-refractivity contribution is 7.89. The van der Waals surface area contributed by atoms with E-state index in [4.69, 9.17) is 4.74 Å². The molecule has 0 amide bonds. The van der Waals surface area contributed by atoms with E-state index in [-0.39, 0.29) is 11.9 Å². The van der Waals surface area contributed by atoms with E-state index in [2.05, 4.69) is 20.3 Å². The van der Waals surface area contributed by atoms with Crippen LogP contribution in [-0.2, 0) is 14.8 Å². The van der Waals surface area contributed by atoms with Gasteiger partial charge < -0.3 is 15.4 Å². The Hall–Kier alpha value is -0.860. The Morgan fingerprint density at radius 2 is 2.16 bits per heavy atom. The van der Waals surface area contributed by atoms with Gasteiger partial charge in [-0.3, -0.25) is 4.99 Å². The van der Waals surface area contributed by atoms with E-state index in [0.717, 1.165) is 26.0 Å². The lowest BCUT2D eigenvalue weighted by Crippen LogP contribution is -2.44. The highest BCUT2D eigenvalue weighted by atomic mass is 32.2. The monoisotopic (exact) mass is 292 g/mol. The molecule has 7 nitrogen and oxygen atoms in total. The Morgan fingerprint density at radius 3 is 2.74 bits per heavy atom. The zero-order valence-electron chi connectivity index (χ0n) is 11.6. The molecule has 1 aliphatic heterocycles. The lowest BCUT2D eigenvalue weighted by atomic mass is 10.2. The molecule has 1 atom stereocenters. The van der Waals surface area contributed by atoms with Crippen LogP contribution >= 0.6 is 0 Å². The summed E-state index contributed by atoms with van der Waals surface area (Å²) in [5, 5.41) is 6.21. The molecule has 1 saturated heterocycles. The molecular weight excluding hydrogens is 268 g/mol. The Labute approximate surface area is 115 Å². The van der Waals surface area contributed by atoms with Crippen LogP contribution in [0.1, 0.15) is 19.8 Å². The lowest BCUT2D eigenvalue weighted by molar-refractivity contribution is 0.114. The van der Waals surface area contributed by atoms with Gasteiger partial charge in [0.05, 0.1) is 11.9 Å². The van der Waals surface area contributed by atoms with E-state index in [1.54, 1.807) is 14.0 Å². The van der Waals surface area contributed by atoms with Crippen LogP contribution in [0, 0.1) is 0 Å². The van der Waals surface area contributed by atoms with Gasteiger partial charge in [-0.2, -0.15) is 0 Å². The summed E-state index contributed by atoms with van der Waals surface area (Å²) in [4.78, 5) is 4.06. The standard InChI is InChI=1S/C11H24N4O3S/c1-3-19(16,17)15-7-6-13-11(12-2)14-9-10-5-4-8-18-10/h10,15H,3-9H2,1-2H3,(H2,12,13,14). The summed E-state index contributed by atoms with van der Waals surface area (Å²) in [6.45, 7) is 4.00. The molecule has 0 bridgehead atoms. The number of sulfonamides is 1. The van der Waals surface area contributed by atoms with Crippen LogP contribution in [0.3, 0.4) is 0 Å². The summed E-state index contributed by atoms with van der Waals surface area (Å²) in [6, 6.07) is 0. The molecule has 19 heavy (non-hydrogen) atoms. The normalized spacial score (nSPS) is 20.5. The number of nitrogens with one attached hydrogen (secondary N) is 3. The van der Waals surface area contributed by atoms with E-state index >= 15 is 0 Å². The predicted molar refractivity (Wildman–Crippen MR) is 75.8 cm³/mol. The number of hydrogen-bond acceptors (Lipinski definition) is 4. The number of guanidine groups is 1. The lowest BCUT2D eigenvalue weighted by Gasteiger charge is -2.15. The zero-order chi connectivity index (χ0) is 14.1. The zero-order valence-corrected chi connectivity index (χ0v) is 12.4. The molecular formula is C11H24N4O3S. The highest BCUT2D eigenvalue weighted by Crippen LogP contribution is 2.10. The first kappa shape index (κ1) is 16.2. The van der Waals surface area contributed by atoms with E-state index in [9.17, 15) is 8.42 Å². The summed E-state index contributed by atoms with van der Waals surface area (Å²) in [7, 11) is -1.44. The molecule has 112 valence electrons. The van der Waals surface area contributed by atoms with Crippen molar-refractivity contribution in [2.24, 2.45) is 4.99 Å². The smallest absolute Gasteiger partial charge is 0.211 e. The third-order valence-corrected chi connectivity index (χ3v) is 4.27. The quantitative estimate of drug-likeness (QED) is 0.327. The molecule has 0 saturated carbocycles. The van der Waals surface area contributed by atoms with Crippen molar-refractivity contribution in [3.05, 3.63) is 0 Å². The minimum Gasteiger partial charge on any atom is -0.376 e. The fourth-order valence-electron chi connectivity index (χ4n) is 1.73. The molecule has 0 spiro atoms. The average molecular weight is 292 g/mol. The van der Waals surface area contributed by atoms with Crippen LogP contribution in [0.2, 0.25) is 0 Å². The number of hydrogen-bond donors (Lipinski definition) is 3. The van der Waals surface area contributed by atoms with Crippen molar-refractivity contribution in [1.82, 2.24) is 15.4 Å². The third kappa shape index (κ3) is 6.74. The van der Waals surface area contributed by atoms with Crippen molar-refractivity contribution in [2.75, 3.05) is 39.0 Å². The molecule has 0 aromatic rings. The Morgan fingerprint density at radius 1 is 1.37 bits per heavy atom. The maximum atomic E-state index is 11.2. The third-order valence-electron chi connectivity index (χ3n) is 2.86. The molecule has 0 aromatic heterocycles. The van der Waals surface area contributed by atoms with Crippen molar-refractivity contribution >= 4 is 16.0 Å². The van der Waals surface area contributed by atoms with Gasteiger partial charge in [0, 0.05) is 33.3 Å². The number of ether oxygens (including phenoxy) is 1. The van der Waals surface area contributed by atoms with Crippen molar-refractivity contribution in [2.45, 2.75) is 25.9 Å². The van der Waals surface area contributed by atoms with Crippen LogP contribution in [0.5, 0.6) is 0 Å². The Kier molecular flexibility index (Phi) is 7.11. The molecule has 1 rings (SSSR count). The van der Waals surface area contributed by atoms with Gasteiger partial charge in [0.25, 0.3) is 0 Å². The van der Waals surface area contributed by atoms with Crippen molar-refractivity contribution in [3.63, 3.8) is 0 Å². The van der Waals surface area contributed by atoms with E-state index in [1.165, 1.54) is 0 Å². The largest absolute Gasteiger partial charge is 0.376 e. The molecule has 1 heterocycles. The summed E-state index contributed by atoms with van der Waals surface area (Å²) in [6.07, 6.45) is 2.43. The molecule has 1 aliphatic rings. The van der Waals surface area contributed by atoms with E-state index < -0.39 is 10.0 Å². The topological polar surface area (TPSA) is 91.8 Å². The van der Waals surface area contributed by atoms with Gasteiger partial charge in [0.2, 0.25) is 10.0 Å². The van der Waals surface area contributed by atoms with Gasteiger partial charge in [-0.25, -0.2) is 13.1 Å². The highest BCUT2D eigenvalue weighted by Gasteiger charge is 2.15. The second-order valence-corrected chi connectivity index (χ2v) is 6.41. The second-order valence-electron chi connectivity index (χ2n) is 4.31. The predicted octanol–water partition coefficient (Wildman–Crippen LogP) is -0.730. The van der Waals surface area contributed by atoms with Crippen LogP contribution in [0.4, 0.5) is 0 Å². The second kappa shape index (κ2) is 8.34. The average Bonchev–Trinajstić information content (AvgIpc) is 2.91. The molecule has 8 heteroatoms. The van der Waals surface area contributed by atoms with Crippen LogP contribution in [-0.4, -0.2) is 59.5 Å². The van der Waals surface area contributed by atoms with Crippen LogP contribution < -0.4 is 15.4 Å². The maximum absolute atomic E-state index is 11.2. The number of aliphatic imine (C=N–C) groups is 1. The van der Waals surface area contributed by atoms with Gasteiger partial charge in [-0.15, -0.1) is 0 Å².